The van der Waals surface area contributed by atoms with Gasteiger partial charge in [0, 0.05) is 33.9 Å². The van der Waals surface area contributed by atoms with Gasteiger partial charge in [0.05, 0.1) is 33.0 Å². The number of hydrogen-bond donors (Lipinski definition) is 4. The van der Waals surface area contributed by atoms with Crippen molar-refractivity contribution in [2.24, 2.45) is 27.2 Å². The Hall–Kier alpha value is -5.70. The van der Waals surface area contributed by atoms with E-state index in [1.165, 1.54) is 73.1 Å². The number of hydrogen-bond acceptors (Lipinski definition) is 9. The molecular formula is C49H54Br3F7N6O6. The Labute approximate surface area is 433 Å². The highest BCUT2D eigenvalue weighted by atomic mass is 79.9. The Bertz CT molecular complexity index is 2380. The van der Waals surface area contributed by atoms with E-state index < -0.39 is 38.8 Å². The molecule has 22 heteroatoms. The fourth-order valence-electron chi connectivity index (χ4n) is 5.42. The molecule has 71 heavy (non-hydrogen) atoms. The van der Waals surface area contributed by atoms with Gasteiger partial charge in [-0.2, -0.15) is 17.6 Å². The molecule has 386 valence electrons. The van der Waals surface area contributed by atoms with Gasteiger partial charge in [0.1, 0.15) is 31.5 Å². The van der Waals surface area contributed by atoms with Gasteiger partial charge in [0.15, 0.2) is 17.5 Å². The number of halogens is 10. The van der Waals surface area contributed by atoms with Gasteiger partial charge in [-0.15, -0.1) is 6.42 Å². The first-order valence-corrected chi connectivity index (χ1v) is 23.4. The number of aliphatic hydroxyl groups excluding tert-OH is 1. The van der Waals surface area contributed by atoms with Crippen LogP contribution in [0.4, 0.5) is 30.7 Å². The predicted octanol–water partition coefficient (Wildman–Crippen LogP) is 10.2. The molecule has 1 aliphatic heterocycles. The summed E-state index contributed by atoms with van der Waals surface area (Å²) in [5.41, 5.74) is 18.8. The largest absolute Gasteiger partial charge is 0.435 e. The van der Waals surface area contributed by atoms with Gasteiger partial charge in [0.2, 0.25) is 0 Å². The molecule has 0 saturated heterocycles. The van der Waals surface area contributed by atoms with Crippen LogP contribution in [0, 0.1) is 12.3 Å². The van der Waals surface area contributed by atoms with E-state index in [4.69, 9.17) is 38.2 Å². The molecule has 1 heterocycles. The number of likely N-dealkylation sites (N-methyl/N-ethyl adjacent to an activating group) is 1. The van der Waals surface area contributed by atoms with Gasteiger partial charge < -0.3 is 41.3 Å². The second-order valence-electron chi connectivity index (χ2n) is 13.6. The standard InChI is InChI=1S/C20H20F3N3O3.C9H10BrFO.C9H6F2O.C7H6Br2.C2H5FO.C2H7N3/c1-26-17(27)20(25-19(26)24,14-5-7-16(8-6-14)29-18(22)23)15-4-2-3-13(11-15)12-28-10-9-21;10-9-3-1-2-8(6-9)7-12-5-4-11;1-2-7-3-5-8(6-4-7)12-9(10)11;8-5-6-2-1-3-7(9)4-6;3-1-2-4;1-5-2(3)4/h2-8,11,18H,9-10,12H2,1H3,(H2,24,25);1-3,6H,4-5,7H2;1,3-6,9H;1-4H,5H2;4H,1-2H2;1H3,(H4,3,4,5). The molecule has 1 unspecified atom stereocenters. The zero-order chi connectivity index (χ0) is 53.2. The minimum atomic E-state index is -2.95. The van der Waals surface area contributed by atoms with Crippen LogP contribution in [-0.2, 0) is 38.4 Å². The molecule has 0 fully saturated rings. The third-order valence-corrected chi connectivity index (χ3v) is 10.2. The fraction of sp³-hybridized carbons (Fsp3) is 0.286. The summed E-state index contributed by atoms with van der Waals surface area (Å²) in [5.74, 6) is 2.21. The zero-order valence-corrected chi connectivity index (χ0v) is 43.2. The maximum Gasteiger partial charge on any atom is 0.387 e. The van der Waals surface area contributed by atoms with E-state index in [1.807, 2.05) is 36.4 Å². The molecular weight excluding hydrogens is 1140 g/mol. The molecule has 7 N–H and O–H groups in total. The summed E-state index contributed by atoms with van der Waals surface area (Å²) in [5, 5.41) is 8.42. The van der Waals surface area contributed by atoms with E-state index in [-0.39, 0.29) is 55.8 Å². The quantitative estimate of drug-likeness (QED) is 0.0187. The average molecular weight is 1200 g/mol. The van der Waals surface area contributed by atoms with Crippen LogP contribution in [0.5, 0.6) is 11.5 Å². The van der Waals surface area contributed by atoms with Gasteiger partial charge in [-0.25, -0.2) is 18.2 Å². The molecule has 0 aliphatic carbocycles. The van der Waals surface area contributed by atoms with E-state index in [1.54, 1.807) is 24.3 Å². The maximum absolute atomic E-state index is 13.2. The molecule has 12 nitrogen and oxygen atoms in total. The van der Waals surface area contributed by atoms with Crippen molar-refractivity contribution >= 4 is 65.6 Å². The highest BCUT2D eigenvalue weighted by molar-refractivity contribution is 9.10. The molecule has 0 bridgehead atoms. The lowest BCUT2D eigenvalue weighted by Gasteiger charge is -2.26. The third kappa shape index (κ3) is 24.8. The number of guanidine groups is 2. The van der Waals surface area contributed by atoms with Crippen molar-refractivity contribution in [3.8, 4) is 23.8 Å². The van der Waals surface area contributed by atoms with E-state index in [9.17, 15) is 35.5 Å². The van der Waals surface area contributed by atoms with Crippen LogP contribution < -0.4 is 26.7 Å². The van der Waals surface area contributed by atoms with E-state index in [0.717, 1.165) is 25.4 Å². The maximum atomic E-state index is 13.2. The number of amides is 1. The van der Waals surface area contributed by atoms with Gasteiger partial charge in [-0.3, -0.25) is 14.7 Å². The van der Waals surface area contributed by atoms with Crippen molar-refractivity contribution in [3.63, 3.8) is 0 Å². The van der Waals surface area contributed by atoms with Crippen molar-refractivity contribution in [2.75, 3.05) is 53.9 Å². The molecule has 1 aliphatic rings. The number of aliphatic hydroxyl groups is 1. The van der Waals surface area contributed by atoms with Crippen molar-refractivity contribution in [1.82, 2.24) is 4.90 Å². The number of ether oxygens (including phenoxy) is 4. The molecule has 6 rings (SSSR count). The monoisotopic (exact) mass is 1190 g/mol. The van der Waals surface area contributed by atoms with Crippen molar-refractivity contribution in [3.05, 3.63) is 164 Å². The van der Waals surface area contributed by atoms with Crippen LogP contribution in [0.3, 0.4) is 0 Å². The van der Waals surface area contributed by atoms with Crippen LogP contribution in [0.1, 0.15) is 33.4 Å². The molecule has 0 spiro atoms. The molecule has 0 aromatic heterocycles. The normalized spacial score (nSPS) is 13.2. The first-order valence-electron chi connectivity index (χ1n) is 20.7. The van der Waals surface area contributed by atoms with Crippen molar-refractivity contribution in [1.29, 1.82) is 0 Å². The number of nitrogens with two attached hydrogens (primary N) is 3. The predicted molar refractivity (Wildman–Crippen MR) is 273 cm³/mol. The Morgan fingerprint density at radius 1 is 0.746 bits per heavy atom. The first-order chi connectivity index (χ1) is 33.9. The second-order valence-corrected chi connectivity index (χ2v) is 16.0. The smallest absolute Gasteiger partial charge is 0.387 e. The highest BCUT2D eigenvalue weighted by Crippen LogP contribution is 2.40. The Kier molecular flexibility index (Phi) is 32.3. The number of terminal acetylenes is 1. The zero-order valence-electron chi connectivity index (χ0n) is 38.5. The van der Waals surface area contributed by atoms with Crippen LogP contribution in [0.25, 0.3) is 0 Å². The number of aliphatic imine (C=N–C) groups is 2. The summed E-state index contributed by atoms with van der Waals surface area (Å²) < 4.78 is 103. The number of carbonyl (C=O) groups excluding carboxylic acids is 1. The minimum absolute atomic E-state index is 0.0296. The Morgan fingerprint density at radius 2 is 1.18 bits per heavy atom. The van der Waals surface area contributed by atoms with Crippen LogP contribution >= 0.6 is 47.8 Å². The number of benzene rings is 5. The van der Waals surface area contributed by atoms with E-state index in [2.05, 4.69) is 85.3 Å². The Morgan fingerprint density at radius 3 is 1.55 bits per heavy atom. The average Bonchev–Trinajstić information content (AvgIpc) is 3.59. The molecule has 5 aromatic carbocycles. The summed E-state index contributed by atoms with van der Waals surface area (Å²) in [6.45, 7) is -6.96. The summed E-state index contributed by atoms with van der Waals surface area (Å²) in [6.07, 6.45) is 5.06. The molecule has 0 saturated carbocycles. The molecule has 1 atom stereocenters. The number of alkyl halides is 8. The topological polar surface area (TPSA) is 180 Å². The number of nitrogens with zero attached hydrogens (tertiary/aromatic N) is 3. The lowest BCUT2D eigenvalue weighted by molar-refractivity contribution is -0.129. The highest BCUT2D eigenvalue weighted by Gasteiger charge is 2.49. The SMILES string of the molecule is BrCc1cccc(Br)c1.C#Cc1ccc(OC(F)F)cc1.CN1C(=O)C(c2ccc(OC(F)F)cc2)(c2cccc(COCCF)c2)N=C1N.CN=C(N)N.FCCOCc1cccc(Br)c1.OCCF. The third-order valence-electron chi connectivity index (χ3n) is 8.58. The van der Waals surface area contributed by atoms with Crippen LogP contribution in [-0.4, -0.2) is 95.0 Å². The van der Waals surface area contributed by atoms with Crippen LogP contribution in [0.15, 0.2) is 140 Å². The van der Waals surface area contributed by atoms with Crippen molar-refractivity contribution in [2.45, 2.75) is 37.3 Å². The number of carbonyl (C=O) groups is 1. The summed E-state index contributed by atoms with van der Waals surface area (Å²) in [7, 11) is 3.04. The minimum Gasteiger partial charge on any atom is -0.435 e. The van der Waals surface area contributed by atoms with Gasteiger partial charge >= 0.3 is 13.2 Å². The van der Waals surface area contributed by atoms with Gasteiger partial charge in [0.25, 0.3) is 5.91 Å². The Balaban J connectivity index is 0.000000495. The first kappa shape index (κ1) is 63.3. The van der Waals surface area contributed by atoms with Crippen molar-refractivity contribution < 1.29 is 59.6 Å². The number of rotatable bonds is 16. The summed E-state index contributed by atoms with van der Waals surface area (Å²) >= 11 is 10.1. The second kappa shape index (κ2) is 36.3. The lowest BCUT2D eigenvalue weighted by atomic mass is 9.82. The van der Waals surface area contributed by atoms with Gasteiger partial charge in [-0.1, -0.05) is 114 Å². The molecule has 0 radical (unpaired) electrons. The van der Waals surface area contributed by atoms with E-state index in [0.29, 0.717) is 23.3 Å². The molecule has 1 amide bonds. The van der Waals surface area contributed by atoms with Gasteiger partial charge in [-0.05, 0) is 88.5 Å². The molecule has 5 aromatic rings. The van der Waals surface area contributed by atoms with E-state index >= 15 is 0 Å². The fourth-order valence-corrected chi connectivity index (χ4v) is 6.66. The summed E-state index contributed by atoms with van der Waals surface area (Å²) in [4.78, 5) is 22.2. The lowest BCUT2D eigenvalue weighted by Crippen LogP contribution is -2.41. The van der Waals surface area contributed by atoms with Crippen LogP contribution in [0.2, 0.25) is 0 Å². The summed E-state index contributed by atoms with van der Waals surface area (Å²) in [6, 6.07) is 34.5.